The molecule has 1 heterocycles. The third-order valence-corrected chi connectivity index (χ3v) is 4.14. The van der Waals surface area contributed by atoms with E-state index in [1.807, 2.05) is 25.8 Å². The normalized spacial score (nSPS) is 22.4. The first-order chi connectivity index (χ1) is 9.37. The van der Waals surface area contributed by atoms with E-state index in [0.717, 1.165) is 13.1 Å². The van der Waals surface area contributed by atoms with Crippen LogP contribution in [0.1, 0.15) is 40.0 Å². The molecule has 1 aliphatic heterocycles. The number of carbonyl (C=O) groups excluding carboxylic acids is 1. The van der Waals surface area contributed by atoms with Gasteiger partial charge < -0.3 is 10.6 Å². The molecule has 2 atom stereocenters. The molecule has 1 aliphatic rings. The van der Waals surface area contributed by atoms with Crippen LogP contribution in [0.2, 0.25) is 0 Å². The Hall–Kier alpha value is -1.12. The fourth-order valence-corrected chi connectivity index (χ4v) is 2.40. The highest BCUT2D eigenvalue weighted by molar-refractivity contribution is 5.79. The molecular formula is C15H28N4O. The van der Waals surface area contributed by atoms with Crippen LogP contribution >= 0.6 is 0 Å². The smallest absolute Gasteiger partial charge is 0.235 e. The molecule has 20 heavy (non-hydrogen) atoms. The van der Waals surface area contributed by atoms with Crippen molar-refractivity contribution in [2.24, 2.45) is 5.92 Å². The van der Waals surface area contributed by atoms with Crippen molar-refractivity contribution >= 4 is 5.91 Å². The molecule has 0 aromatic carbocycles. The van der Waals surface area contributed by atoms with E-state index in [2.05, 4.69) is 16.7 Å². The molecule has 5 heteroatoms. The Morgan fingerprint density at radius 3 is 2.75 bits per heavy atom. The summed E-state index contributed by atoms with van der Waals surface area (Å²) >= 11 is 0. The Labute approximate surface area is 122 Å². The summed E-state index contributed by atoms with van der Waals surface area (Å²) in [5.74, 6) is 0.00262. The van der Waals surface area contributed by atoms with Gasteiger partial charge in [0, 0.05) is 12.6 Å². The quantitative estimate of drug-likeness (QED) is 0.765. The van der Waals surface area contributed by atoms with Gasteiger partial charge in [-0.3, -0.25) is 9.69 Å². The number of hydrogen-bond acceptors (Lipinski definition) is 4. The molecule has 0 radical (unpaired) electrons. The van der Waals surface area contributed by atoms with Crippen molar-refractivity contribution < 1.29 is 4.79 Å². The number of nitrogens with zero attached hydrogens (tertiary/aromatic N) is 2. The van der Waals surface area contributed by atoms with Gasteiger partial charge in [-0.2, -0.15) is 5.26 Å². The summed E-state index contributed by atoms with van der Waals surface area (Å²) in [6, 6.07) is 2.68. The van der Waals surface area contributed by atoms with Crippen molar-refractivity contribution in [3.05, 3.63) is 0 Å². The molecule has 0 spiro atoms. The van der Waals surface area contributed by atoms with Crippen molar-refractivity contribution in [1.29, 1.82) is 5.26 Å². The molecular weight excluding hydrogens is 252 g/mol. The lowest BCUT2D eigenvalue weighted by Gasteiger charge is -2.30. The minimum atomic E-state index is -0.791. The van der Waals surface area contributed by atoms with Crippen LogP contribution in [-0.2, 0) is 4.79 Å². The van der Waals surface area contributed by atoms with Crippen LogP contribution in [0.4, 0.5) is 0 Å². The van der Waals surface area contributed by atoms with Gasteiger partial charge >= 0.3 is 0 Å². The molecule has 0 saturated carbocycles. The van der Waals surface area contributed by atoms with Gasteiger partial charge in [0.1, 0.15) is 5.54 Å². The first-order valence-electron chi connectivity index (χ1n) is 7.51. The van der Waals surface area contributed by atoms with Gasteiger partial charge in [0.25, 0.3) is 0 Å². The van der Waals surface area contributed by atoms with E-state index < -0.39 is 5.54 Å². The second-order valence-electron chi connectivity index (χ2n) is 6.36. The predicted octanol–water partition coefficient (Wildman–Crippen LogP) is 1.11. The zero-order chi connectivity index (χ0) is 15.2. The average Bonchev–Trinajstić information content (AvgIpc) is 2.39. The fraction of sp³-hybridized carbons (Fsp3) is 0.867. The van der Waals surface area contributed by atoms with Crippen LogP contribution in [-0.4, -0.2) is 49.1 Å². The molecule has 0 bridgehead atoms. The highest BCUT2D eigenvalue weighted by atomic mass is 16.2. The highest BCUT2D eigenvalue weighted by Crippen LogP contribution is 2.15. The van der Waals surface area contributed by atoms with E-state index in [4.69, 9.17) is 0 Å². The van der Waals surface area contributed by atoms with Crippen LogP contribution in [0.15, 0.2) is 0 Å². The third-order valence-electron chi connectivity index (χ3n) is 4.14. The number of hydrogen-bond donors (Lipinski definition) is 2. The van der Waals surface area contributed by atoms with Crippen molar-refractivity contribution in [3.63, 3.8) is 0 Å². The van der Waals surface area contributed by atoms with Gasteiger partial charge in [0.05, 0.1) is 12.6 Å². The Bertz CT molecular complexity index is 357. The third kappa shape index (κ3) is 5.10. The summed E-state index contributed by atoms with van der Waals surface area (Å²) in [6.07, 6.45) is 3.68. The molecule has 1 amide bonds. The van der Waals surface area contributed by atoms with E-state index >= 15 is 0 Å². The lowest BCUT2D eigenvalue weighted by molar-refractivity contribution is -0.123. The maximum absolute atomic E-state index is 12.0. The number of carbonyl (C=O) groups is 1. The summed E-state index contributed by atoms with van der Waals surface area (Å²) < 4.78 is 0. The topological polar surface area (TPSA) is 68.2 Å². The summed E-state index contributed by atoms with van der Waals surface area (Å²) in [5, 5.41) is 15.5. The van der Waals surface area contributed by atoms with Crippen molar-refractivity contribution in [2.75, 3.05) is 26.7 Å². The van der Waals surface area contributed by atoms with Crippen LogP contribution in [0.3, 0.4) is 0 Å². The molecule has 2 unspecified atom stereocenters. The SMILES string of the molecule is CC(C)C(C)(C#N)NC(=O)CN(C)CC1CCCCN1. The van der Waals surface area contributed by atoms with Gasteiger partial charge in [-0.15, -0.1) is 0 Å². The largest absolute Gasteiger partial charge is 0.337 e. The first kappa shape index (κ1) is 16.9. The fourth-order valence-electron chi connectivity index (χ4n) is 2.40. The summed E-state index contributed by atoms with van der Waals surface area (Å²) in [4.78, 5) is 14.1. The van der Waals surface area contributed by atoms with E-state index in [1.54, 1.807) is 6.92 Å². The monoisotopic (exact) mass is 280 g/mol. The lowest BCUT2D eigenvalue weighted by Crippen LogP contribution is -2.52. The second-order valence-corrected chi connectivity index (χ2v) is 6.36. The van der Waals surface area contributed by atoms with Crippen molar-refractivity contribution in [2.45, 2.75) is 51.6 Å². The molecule has 0 aromatic rings. The van der Waals surface area contributed by atoms with E-state index in [0.29, 0.717) is 12.6 Å². The molecule has 0 aliphatic carbocycles. The lowest BCUT2D eigenvalue weighted by atomic mass is 9.90. The van der Waals surface area contributed by atoms with Gasteiger partial charge in [-0.1, -0.05) is 20.3 Å². The van der Waals surface area contributed by atoms with Crippen LogP contribution in [0, 0.1) is 17.2 Å². The van der Waals surface area contributed by atoms with Gasteiger partial charge in [0.2, 0.25) is 5.91 Å². The number of nitriles is 1. The number of piperidine rings is 1. The van der Waals surface area contributed by atoms with Gasteiger partial charge in [-0.25, -0.2) is 0 Å². The van der Waals surface area contributed by atoms with Crippen molar-refractivity contribution in [3.8, 4) is 6.07 Å². The van der Waals surface area contributed by atoms with Crippen LogP contribution in [0.5, 0.6) is 0 Å². The van der Waals surface area contributed by atoms with E-state index in [1.165, 1.54) is 19.3 Å². The maximum atomic E-state index is 12.0. The summed E-state index contributed by atoms with van der Waals surface area (Å²) in [7, 11) is 1.95. The number of rotatable bonds is 6. The average molecular weight is 280 g/mol. The Balaban J connectivity index is 2.39. The molecule has 5 nitrogen and oxygen atoms in total. The minimum absolute atomic E-state index is 0.0824. The maximum Gasteiger partial charge on any atom is 0.235 e. The van der Waals surface area contributed by atoms with Crippen LogP contribution in [0.25, 0.3) is 0 Å². The zero-order valence-corrected chi connectivity index (χ0v) is 13.2. The Morgan fingerprint density at radius 1 is 1.55 bits per heavy atom. The summed E-state index contributed by atoms with van der Waals surface area (Å²) in [5.41, 5.74) is -0.791. The van der Waals surface area contributed by atoms with E-state index in [-0.39, 0.29) is 11.8 Å². The van der Waals surface area contributed by atoms with Gasteiger partial charge in [0.15, 0.2) is 0 Å². The minimum Gasteiger partial charge on any atom is -0.337 e. The van der Waals surface area contributed by atoms with E-state index in [9.17, 15) is 10.1 Å². The first-order valence-corrected chi connectivity index (χ1v) is 7.51. The zero-order valence-electron chi connectivity index (χ0n) is 13.2. The van der Waals surface area contributed by atoms with Crippen LogP contribution < -0.4 is 10.6 Å². The van der Waals surface area contributed by atoms with Crippen molar-refractivity contribution in [1.82, 2.24) is 15.5 Å². The Morgan fingerprint density at radius 2 is 2.25 bits per heavy atom. The standard InChI is InChI=1S/C15H28N4O/c1-12(2)15(3,11-16)18-14(20)10-19(4)9-13-7-5-6-8-17-13/h12-13,17H,5-10H2,1-4H3,(H,18,20). The molecule has 0 aromatic heterocycles. The molecule has 2 N–H and O–H groups in total. The molecule has 1 rings (SSSR count). The number of amides is 1. The second kappa shape index (κ2) is 7.61. The van der Waals surface area contributed by atoms with Gasteiger partial charge in [-0.05, 0) is 39.3 Å². The Kier molecular flexibility index (Phi) is 6.44. The predicted molar refractivity (Wildman–Crippen MR) is 80.1 cm³/mol. The highest BCUT2D eigenvalue weighted by Gasteiger charge is 2.30. The number of likely N-dealkylation sites (N-methyl/N-ethyl adjacent to an activating group) is 1. The molecule has 1 saturated heterocycles. The molecule has 114 valence electrons. The number of nitrogens with one attached hydrogen (secondary N) is 2. The summed E-state index contributed by atoms with van der Waals surface area (Å²) in [6.45, 7) is 7.95. The molecule has 1 fully saturated rings.